The summed E-state index contributed by atoms with van der Waals surface area (Å²) in [6, 6.07) is 0.0556. The lowest BCUT2D eigenvalue weighted by atomic mass is 10.2. The summed E-state index contributed by atoms with van der Waals surface area (Å²) in [7, 11) is 1.20. The third-order valence-corrected chi connectivity index (χ3v) is 2.08. The van der Waals surface area contributed by atoms with Crippen LogP contribution >= 0.6 is 0 Å². The van der Waals surface area contributed by atoms with Crippen LogP contribution in [0.4, 0.5) is 23.2 Å². The Morgan fingerprint density at radius 2 is 1.71 bits per heavy atom. The van der Waals surface area contributed by atoms with Crippen LogP contribution in [0.1, 0.15) is 6.92 Å². The Hall–Kier alpha value is -1.63. The Balaban J connectivity index is 3.10. The third-order valence-electron chi connectivity index (χ3n) is 2.08. The van der Waals surface area contributed by atoms with Crippen molar-refractivity contribution >= 4 is 11.6 Å². The van der Waals surface area contributed by atoms with Gasteiger partial charge >= 0.3 is 0 Å². The number of rotatable bonds is 3. The molecule has 1 amide bonds. The fraction of sp³-hybridized carbons (Fsp3) is 0.300. The number of halogens is 4. The van der Waals surface area contributed by atoms with Gasteiger partial charge in [-0.05, 0) is 6.92 Å². The van der Waals surface area contributed by atoms with Gasteiger partial charge in [0.15, 0.2) is 23.3 Å². The maximum Gasteiger partial charge on any atom is 0.253 e. The fourth-order valence-corrected chi connectivity index (χ4v) is 1.01. The van der Waals surface area contributed by atoms with Gasteiger partial charge in [0.05, 0.1) is 0 Å². The molecule has 0 bridgehead atoms. The van der Waals surface area contributed by atoms with Gasteiger partial charge in [-0.3, -0.25) is 4.79 Å². The second-order valence-corrected chi connectivity index (χ2v) is 3.21. The van der Waals surface area contributed by atoms with Gasteiger partial charge in [0.2, 0.25) is 0 Å². The largest absolute Gasteiger partial charge is 0.372 e. The number of benzene rings is 1. The number of nitrogens with one attached hydrogen (secondary N) is 1. The van der Waals surface area contributed by atoms with Crippen molar-refractivity contribution in [2.75, 3.05) is 12.4 Å². The van der Waals surface area contributed by atoms with Gasteiger partial charge in [-0.2, -0.15) is 0 Å². The lowest BCUT2D eigenvalue weighted by Gasteiger charge is -2.12. The quantitative estimate of drug-likeness (QED) is 0.660. The Bertz CT molecular complexity index is 424. The highest BCUT2D eigenvalue weighted by Gasteiger charge is 2.22. The van der Waals surface area contributed by atoms with Crippen molar-refractivity contribution in [3.63, 3.8) is 0 Å². The van der Waals surface area contributed by atoms with E-state index < -0.39 is 41.0 Å². The highest BCUT2D eigenvalue weighted by Crippen LogP contribution is 2.24. The number of hydrogen-bond acceptors (Lipinski definition) is 2. The molecule has 0 radical (unpaired) electrons. The first-order valence-corrected chi connectivity index (χ1v) is 4.55. The Labute approximate surface area is 94.4 Å². The molecule has 0 saturated carbocycles. The Morgan fingerprint density at radius 3 is 2.12 bits per heavy atom. The maximum atomic E-state index is 13.1. The second-order valence-electron chi connectivity index (χ2n) is 3.21. The van der Waals surface area contributed by atoms with Crippen molar-refractivity contribution in [1.29, 1.82) is 0 Å². The molecule has 7 heteroatoms. The minimum atomic E-state index is -1.67. The molecule has 1 atom stereocenters. The van der Waals surface area contributed by atoms with Crippen LogP contribution in [0.25, 0.3) is 0 Å². The van der Waals surface area contributed by atoms with Crippen molar-refractivity contribution in [3.05, 3.63) is 29.3 Å². The number of ether oxygens (including phenoxy) is 1. The average molecular weight is 251 g/mol. The molecule has 1 unspecified atom stereocenters. The fourth-order valence-electron chi connectivity index (χ4n) is 1.01. The summed E-state index contributed by atoms with van der Waals surface area (Å²) in [5.74, 6) is -7.44. The first-order valence-electron chi connectivity index (χ1n) is 4.55. The molecule has 1 aromatic rings. The van der Waals surface area contributed by atoms with Gasteiger partial charge in [0, 0.05) is 13.2 Å². The molecule has 0 aliphatic rings. The number of methoxy groups -OCH3 is 1. The van der Waals surface area contributed by atoms with Crippen LogP contribution in [0.15, 0.2) is 6.07 Å². The topological polar surface area (TPSA) is 38.3 Å². The molecule has 0 aliphatic carbocycles. The predicted octanol–water partition coefficient (Wildman–Crippen LogP) is 2.22. The molecule has 1 rings (SSSR count). The maximum absolute atomic E-state index is 13.1. The highest BCUT2D eigenvalue weighted by atomic mass is 19.2. The minimum absolute atomic E-state index is 0.0556. The number of carbonyl (C=O) groups excluding carboxylic acids is 1. The van der Waals surface area contributed by atoms with Crippen LogP contribution in [-0.2, 0) is 9.53 Å². The minimum Gasteiger partial charge on any atom is -0.372 e. The molecular formula is C10H9F4NO2. The smallest absolute Gasteiger partial charge is 0.253 e. The molecule has 0 heterocycles. The Morgan fingerprint density at radius 1 is 1.24 bits per heavy atom. The second kappa shape index (κ2) is 5.13. The van der Waals surface area contributed by atoms with E-state index in [4.69, 9.17) is 0 Å². The van der Waals surface area contributed by atoms with Crippen LogP contribution in [0.3, 0.4) is 0 Å². The van der Waals surface area contributed by atoms with Crippen LogP contribution in [-0.4, -0.2) is 19.1 Å². The monoisotopic (exact) mass is 251 g/mol. The van der Waals surface area contributed by atoms with Crippen molar-refractivity contribution in [2.24, 2.45) is 0 Å². The summed E-state index contributed by atoms with van der Waals surface area (Å²) in [5.41, 5.74) is -1.17. The number of anilines is 1. The lowest BCUT2D eigenvalue weighted by Crippen LogP contribution is -2.27. The molecule has 1 aromatic carbocycles. The van der Waals surface area contributed by atoms with E-state index in [1.807, 2.05) is 0 Å². The van der Waals surface area contributed by atoms with E-state index in [2.05, 4.69) is 4.74 Å². The van der Waals surface area contributed by atoms with Gasteiger partial charge < -0.3 is 10.1 Å². The zero-order valence-corrected chi connectivity index (χ0v) is 8.98. The van der Waals surface area contributed by atoms with Crippen molar-refractivity contribution in [2.45, 2.75) is 13.0 Å². The molecule has 0 aromatic heterocycles. The van der Waals surface area contributed by atoms with Crippen molar-refractivity contribution in [3.8, 4) is 0 Å². The SMILES string of the molecule is COC(C)C(=O)Nc1c(F)c(F)cc(F)c1F. The van der Waals surface area contributed by atoms with Gasteiger partial charge in [-0.25, -0.2) is 17.6 Å². The summed E-state index contributed by atoms with van der Waals surface area (Å²) in [6.45, 7) is 1.31. The van der Waals surface area contributed by atoms with Gasteiger partial charge in [0.25, 0.3) is 5.91 Å². The zero-order valence-electron chi connectivity index (χ0n) is 8.98. The van der Waals surface area contributed by atoms with Crippen molar-refractivity contribution in [1.82, 2.24) is 0 Å². The molecule has 3 nitrogen and oxygen atoms in total. The van der Waals surface area contributed by atoms with Gasteiger partial charge in [-0.1, -0.05) is 0 Å². The number of amides is 1. The molecular weight excluding hydrogens is 242 g/mol. The molecule has 1 N–H and O–H groups in total. The summed E-state index contributed by atoms with van der Waals surface area (Å²) in [6.07, 6.45) is -1.01. The van der Waals surface area contributed by atoms with Crippen molar-refractivity contribution < 1.29 is 27.1 Å². The van der Waals surface area contributed by atoms with E-state index in [1.54, 1.807) is 5.32 Å². The van der Waals surface area contributed by atoms with Crippen LogP contribution in [0.5, 0.6) is 0 Å². The van der Waals surface area contributed by atoms with E-state index >= 15 is 0 Å². The van der Waals surface area contributed by atoms with Gasteiger partial charge in [0.1, 0.15) is 11.8 Å². The third kappa shape index (κ3) is 2.73. The number of carbonyl (C=O) groups is 1. The molecule has 17 heavy (non-hydrogen) atoms. The summed E-state index contributed by atoms with van der Waals surface area (Å²) in [5, 5.41) is 1.72. The summed E-state index contributed by atoms with van der Waals surface area (Å²) in [4.78, 5) is 11.3. The van der Waals surface area contributed by atoms with E-state index in [0.29, 0.717) is 0 Å². The highest BCUT2D eigenvalue weighted by molar-refractivity contribution is 5.94. The predicted molar refractivity (Wildman–Crippen MR) is 51.4 cm³/mol. The lowest BCUT2D eigenvalue weighted by molar-refractivity contribution is -0.124. The van der Waals surface area contributed by atoms with E-state index in [1.165, 1.54) is 14.0 Å². The van der Waals surface area contributed by atoms with E-state index in [9.17, 15) is 22.4 Å². The molecule has 94 valence electrons. The van der Waals surface area contributed by atoms with Crippen LogP contribution in [0.2, 0.25) is 0 Å². The zero-order chi connectivity index (χ0) is 13.2. The van der Waals surface area contributed by atoms with E-state index in [-0.39, 0.29) is 6.07 Å². The first-order chi connectivity index (χ1) is 7.88. The standard InChI is InChI=1S/C10H9F4NO2/c1-4(17-2)10(16)15-9-7(13)5(11)3-6(12)8(9)14/h3-4H,1-2H3,(H,15,16). The number of hydrogen-bond donors (Lipinski definition) is 1. The average Bonchev–Trinajstić information content (AvgIpc) is 2.30. The first kappa shape index (κ1) is 13.4. The van der Waals surface area contributed by atoms with E-state index in [0.717, 1.165) is 0 Å². The Kier molecular flexibility index (Phi) is 4.06. The normalized spacial score (nSPS) is 12.4. The summed E-state index contributed by atoms with van der Waals surface area (Å²) >= 11 is 0. The van der Waals surface area contributed by atoms with Crippen LogP contribution < -0.4 is 5.32 Å². The molecule has 0 aliphatic heterocycles. The molecule has 0 saturated heterocycles. The van der Waals surface area contributed by atoms with Crippen LogP contribution in [0, 0.1) is 23.3 Å². The van der Waals surface area contributed by atoms with Gasteiger partial charge in [-0.15, -0.1) is 0 Å². The molecule has 0 spiro atoms. The molecule has 0 fully saturated rings. The summed E-state index contributed by atoms with van der Waals surface area (Å²) < 4.78 is 56.4.